The molecule has 2 amide bonds. The number of rotatable bonds is 6. The van der Waals surface area contributed by atoms with Crippen LogP contribution in [0.3, 0.4) is 0 Å². The Bertz CT molecular complexity index is 1130. The molecule has 0 spiro atoms. The molecule has 32 heavy (non-hydrogen) atoms. The van der Waals surface area contributed by atoms with E-state index in [9.17, 15) is 9.59 Å². The first-order valence-corrected chi connectivity index (χ1v) is 12.7. The number of likely N-dealkylation sites (tertiary alicyclic amines) is 2. The molecule has 1 aromatic carbocycles. The second-order valence-electron chi connectivity index (χ2n) is 8.71. The van der Waals surface area contributed by atoms with Gasteiger partial charge in [-0.3, -0.25) is 18.6 Å². The van der Waals surface area contributed by atoms with Crippen molar-refractivity contribution in [3.8, 4) is 0 Å². The second kappa shape index (κ2) is 9.13. The minimum atomic E-state index is 0.119. The molecule has 0 unspecified atom stereocenters. The third kappa shape index (κ3) is 3.87. The molecule has 9 heteroatoms. The molecule has 2 aliphatic rings. The number of aromatic nitrogens is 4. The fourth-order valence-electron chi connectivity index (χ4n) is 5.05. The van der Waals surface area contributed by atoms with Gasteiger partial charge in [-0.2, -0.15) is 0 Å². The highest BCUT2D eigenvalue weighted by atomic mass is 32.2. The molecule has 3 aromatic rings. The summed E-state index contributed by atoms with van der Waals surface area (Å²) in [5.74, 6) is 1.29. The largest absolute Gasteiger partial charge is 0.341 e. The van der Waals surface area contributed by atoms with E-state index in [1.165, 1.54) is 18.2 Å². The van der Waals surface area contributed by atoms with Crippen molar-refractivity contribution >= 4 is 40.4 Å². The smallest absolute Gasteiger partial charge is 0.242 e. The summed E-state index contributed by atoms with van der Waals surface area (Å²) in [7, 11) is 0. The van der Waals surface area contributed by atoms with Crippen molar-refractivity contribution in [1.82, 2.24) is 29.0 Å². The number of hydrogen-bond donors (Lipinski definition) is 0. The Kier molecular flexibility index (Phi) is 6.08. The lowest BCUT2D eigenvalue weighted by atomic mass is 10.0. The average Bonchev–Trinajstić information content (AvgIpc) is 3.56. The Hall–Kier alpha value is -2.55. The van der Waals surface area contributed by atoms with Crippen molar-refractivity contribution in [2.75, 3.05) is 25.4 Å². The third-order valence-corrected chi connectivity index (χ3v) is 7.68. The predicted octanol–water partition coefficient (Wildman–Crippen LogP) is 3.19. The molecule has 2 aliphatic heterocycles. The van der Waals surface area contributed by atoms with Gasteiger partial charge in [0.15, 0.2) is 5.16 Å². The van der Waals surface area contributed by atoms with Gasteiger partial charge < -0.3 is 9.80 Å². The second-order valence-corrected chi connectivity index (χ2v) is 9.66. The van der Waals surface area contributed by atoms with Gasteiger partial charge in [0.05, 0.1) is 16.8 Å². The Balaban J connectivity index is 1.40. The zero-order valence-electron chi connectivity index (χ0n) is 18.6. The summed E-state index contributed by atoms with van der Waals surface area (Å²) in [6.45, 7) is 4.93. The quantitative estimate of drug-likeness (QED) is 0.535. The van der Waals surface area contributed by atoms with Crippen molar-refractivity contribution in [1.29, 1.82) is 0 Å². The minimum Gasteiger partial charge on any atom is -0.341 e. The summed E-state index contributed by atoms with van der Waals surface area (Å²) in [6.07, 6.45) is 6.54. The van der Waals surface area contributed by atoms with Crippen LogP contribution >= 0.6 is 11.8 Å². The van der Waals surface area contributed by atoms with E-state index in [1.807, 2.05) is 43.0 Å². The van der Waals surface area contributed by atoms with Gasteiger partial charge in [0, 0.05) is 25.7 Å². The molecule has 170 valence electrons. The van der Waals surface area contributed by atoms with Gasteiger partial charge in [0.25, 0.3) is 0 Å². The van der Waals surface area contributed by atoms with Crippen LogP contribution in [-0.2, 0) is 16.1 Å². The lowest BCUT2D eigenvalue weighted by Gasteiger charge is -2.35. The molecule has 1 atom stereocenters. The van der Waals surface area contributed by atoms with Crippen LogP contribution in [-0.4, -0.2) is 72.2 Å². The first kappa shape index (κ1) is 21.3. The Morgan fingerprint density at radius 2 is 1.75 bits per heavy atom. The molecule has 0 N–H and O–H groups in total. The SMILES string of the molecule is CC[C@@H]1CCCCN1C(=O)CSc1nnc2n(CC(=O)N3CCCC3)c3ccccc3n12. The summed E-state index contributed by atoms with van der Waals surface area (Å²) in [5.41, 5.74) is 1.92. The molecule has 0 aliphatic carbocycles. The van der Waals surface area contributed by atoms with Crippen LogP contribution in [0, 0.1) is 0 Å². The van der Waals surface area contributed by atoms with Crippen LogP contribution in [0.15, 0.2) is 29.4 Å². The highest BCUT2D eigenvalue weighted by Gasteiger charge is 2.27. The summed E-state index contributed by atoms with van der Waals surface area (Å²) >= 11 is 1.43. The Morgan fingerprint density at radius 1 is 1.00 bits per heavy atom. The van der Waals surface area contributed by atoms with Crippen molar-refractivity contribution in [2.45, 2.75) is 63.2 Å². The maximum absolute atomic E-state index is 13.0. The molecule has 0 bridgehead atoms. The number of hydrogen-bond acceptors (Lipinski definition) is 5. The lowest BCUT2D eigenvalue weighted by Crippen LogP contribution is -2.44. The highest BCUT2D eigenvalue weighted by Crippen LogP contribution is 2.27. The standard InChI is InChI=1S/C23H30N6O2S/c1-2-17-9-5-6-14-27(17)21(31)16-32-23-25-24-22-28(15-20(30)26-12-7-8-13-26)18-10-3-4-11-19(18)29(22)23/h3-4,10-11,17H,2,5-9,12-16H2,1H3/t17-/m1/s1. The maximum Gasteiger partial charge on any atom is 0.242 e. The van der Waals surface area contributed by atoms with Crippen molar-refractivity contribution < 1.29 is 9.59 Å². The Labute approximate surface area is 191 Å². The van der Waals surface area contributed by atoms with E-state index in [0.29, 0.717) is 22.7 Å². The predicted molar refractivity (Wildman–Crippen MR) is 125 cm³/mol. The topological polar surface area (TPSA) is 75.7 Å². The summed E-state index contributed by atoms with van der Waals surface area (Å²) < 4.78 is 3.94. The van der Waals surface area contributed by atoms with Gasteiger partial charge in [-0.25, -0.2) is 0 Å². The number of nitrogens with zero attached hydrogens (tertiary/aromatic N) is 6. The van der Waals surface area contributed by atoms with Gasteiger partial charge in [-0.15, -0.1) is 10.2 Å². The first-order chi connectivity index (χ1) is 15.7. The molecule has 8 nitrogen and oxygen atoms in total. The number of carbonyl (C=O) groups is 2. The van der Waals surface area contributed by atoms with E-state index in [0.717, 1.165) is 62.8 Å². The minimum absolute atomic E-state index is 0.119. The van der Waals surface area contributed by atoms with Crippen LogP contribution in [0.5, 0.6) is 0 Å². The fourth-order valence-corrected chi connectivity index (χ4v) is 5.88. The van der Waals surface area contributed by atoms with Crippen molar-refractivity contribution in [3.63, 3.8) is 0 Å². The number of thioether (sulfide) groups is 1. The summed E-state index contributed by atoms with van der Waals surface area (Å²) in [6, 6.07) is 8.35. The number of amides is 2. The monoisotopic (exact) mass is 454 g/mol. The zero-order valence-corrected chi connectivity index (χ0v) is 19.4. The lowest BCUT2D eigenvalue weighted by molar-refractivity contribution is -0.132. The number of piperidine rings is 1. The van der Waals surface area contributed by atoms with E-state index in [1.54, 1.807) is 0 Å². The normalized spacial score (nSPS) is 19.3. The summed E-state index contributed by atoms with van der Waals surface area (Å²) in [4.78, 5) is 29.8. The highest BCUT2D eigenvalue weighted by molar-refractivity contribution is 7.99. The third-order valence-electron chi connectivity index (χ3n) is 6.77. The van der Waals surface area contributed by atoms with Crippen LogP contribution in [0.1, 0.15) is 45.4 Å². The Morgan fingerprint density at radius 3 is 2.53 bits per heavy atom. The zero-order chi connectivity index (χ0) is 22.1. The van der Waals surface area contributed by atoms with E-state index < -0.39 is 0 Å². The number of fused-ring (bicyclic) bond motifs is 3. The van der Waals surface area contributed by atoms with Gasteiger partial charge >= 0.3 is 0 Å². The van der Waals surface area contributed by atoms with E-state index >= 15 is 0 Å². The number of benzene rings is 1. The molecule has 5 rings (SSSR count). The molecule has 2 aromatic heterocycles. The molecule has 0 radical (unpaired) electrons. The number of carbonyl (C=O) groups excluding carboxylic acids is 2. The molecular formula is C23H30N6O2S. The average molecular weight is 455 g/mol. The molecule has 4 heterocycles. The molecular weight excluding hydrogens is 424 g/mol. The van der Waals surface area contributed by atoms with Crippen LogP contribution in [0.4, 0.5) is 0 Å². The van der Waals surface area contributed by atoms with Crippen LogP contribution in [0.25, 0.3) is 16.8 Å². The number of para-hydroxylation sites is 2. The van der Waals surface area contributed by atoms with Gasteiger partial charge in [-0.1, -0.05) is 30.8 Å². The molecule has 0 saturated carbocycles. The fraction of sp³-hybridized carbons (Fsp3) is 0.565. The summed E-state index contributed by atoms with van der Waals surface area (Å²) in [5, 5.41) is 9.50. The van der Waals surface area contributed by atoms with Gasteiger partial charge in [0.1, 0.15) is 6.54 Å². The van der Waals surface area contributed by atoms with Crippen LogP contribution in [0.2, 0.25) is 0 Å². The van der Waals surface area contributed by atoms with Crippen molar-refractivity contribution in [3.05, 3.63) is 24.3 Å². The molecule has 2 saturated heterocycles. The maximum atomic E-state index is 13.0. The van der Waals surface area contributed by atoms with Gasteiger partial charge in [-0.05, 0) is 50.7 Å². The van der Waals surface area contributed by atoms with E-state index in [4.69, 9.17) is 0 Å². The van der Waals surface area contributed by atoms with E-state index in [-0.39, 0.29) is 18.4 Å². The first-order valence-electron chi connectivity index (χ1n) is 11.7. The van der Waals surface area contributed by atoms with Crippen LogP contribution < -0.4 is 0 Å². The van der Waals surface area contributed by atoms with Crippen molar-refractivity contribution in [2.24, 2.45) is 0 Å². The van der Waals surface area contributed by atoms with Gasteiger partial charge in [0.2, 0.25) is 17.6 Å². The molecule has 2 fully saturated rings. The number of imidazole rings is 1. The van der Waals surface area contributed by atoms with E-state index in [2.05, 4.69) is 17.1 Å².